The fourth-order valence-electron chi connectivity index (χ4n) is 2.56. The number of halogens is 1. The molecule has 28 heavy (non-hydrogen) atoms. The van der Waals surface area contributed by atoms with Gasteiger partial charge < -0.3 is 10.1 Å². The van der Waals surface area contributed by atoms with Crippen LogP contribution in [0.25, 0.3) is 0 Å². The normalized spacial score (nSPS) is 12.7. The molecule has 0 saturated carbocycles. The summed E-state index contributed by atoms with van der Waals surface area (Å²) in [6, 6.07) is 10.9. The average Bonchev–Trinajstić information content (AvgIpc) is 2.67. The van der Waals surface area contributed by atoms with E-state index in [-0.39, 0.29) is 22.2 Å². The summed E-state index contributed by atoms with van der Waals surface area (Å²) < 4.78 is 5.15. The fourth-order valence-corrected chi connectivity index (χ4v) is 2.75. The number of anilines is 1. The Bertz CT molecular complexity index is 900. The third kappa shape index (κ3) is 5.07. The first-order chi connectivity index (χ1) is 13.2. The molecular formula is C20H21ClN2O5. The molecule has 1 N–H and O–H groups in total. The molecule has 0 spiro atoms. The second-order valence-electron chi connectivity index (χ2n) is 6.35. The minimum Gasteiger partial charge on any atom is -0.449 e. The number of carbonyl (C=O) groups excluding carboxylic acids is 2. The molecule has 0 aliphatic rings. The minimum absolute atomic E-state index is 0.00493. The number of nitro benzene ring substituents is 1. The molecular weight excluding hydrogens is 384 g/mol. The highest BCUT2D eigenvalue weighted by Gasteiger charge is 2.23. The summed E-state index contributed by atoms with van der Waals surface area (Å²) in [4.78, 5) is 35.0. The maximum atomic E-state index is 12.5. The van der Waals surface area contributed by atoms with Gasteiger partial charge in [-0.1, -0.05) is 43.6 Å². The summed E-state index contributed by atoms with van der Waals surface area (Å²) in [6.07, 6.45) is -0.212. The van der Waals surface area contributed by atoms with Crippen molar-refractivity contribution in [2.75, 3.05) is 5.32 Å². The van der Waals surface area contributed by atoms with Gasteiger partial charge in [-0.05, 0) is 37.0 Å². The van der Waals surface area contributed by atoms with Crippen LogP contribution in [0, 0.1) is 10.1 Å². The molecule has 0 bridgehead atoms. The minimum atomic E-state index is -1.12. The van der Waals surface area contributed by atoms with Gasteiger partial charge in [-0.2, -0.15) is 0 Å². The molecule has 0 heterocycles. The zero-order chi connectivity index (χ0) is 20.8. The van der Waals surface area contributed by atoms with Gasteiger partial charge in [0.05, 0.1) is 15.5 Å². The van der Waals surface area contributed by atoms with Crippen molar-refractivity contribution in [2.45, 2.75) is 39.2 Å². The van der Waals surface area contributed by atoms with Crippen LogP contribution >= 0.6 is 11.6 Å². The first kappa shape index (κ1) is 21.4. The van der Waals surface area contributed by atoms with Crippen molar-refractivity contribution < 1.29 is 19.2 Å². The molecule has 0 radical (unpaired) electrons. The van der Waals surface area contributed by atoms with Crippen LogP contribution < -0.4 is 5.32 Å². The zero-order valence-corrected chi connectivity index (χ0v) is 16.5. The number of hydrogen-bond donors (Lipinski definition) is 1. The second-order valence-corrected chi connectivity index (χ2v) is 6.76. The van der Waals surface area contributed by atoms with Gasteiger partial charge in [0.15, 0.2) is 6.10 Å². The molecule has 0 aliphatic heterocycles. The van der Waals surface area contributed by atoms with Gasteiger partial charge >= 0.3 is 5.97 Å². The Balaban J connectivity index is 2.12. The number of nitrogens with one attached hydrogen (secondary N) is 1. The SMILES string of the molecule is CC[C@H](C)c1ccccc1NC(=O)[C@@H](C)OC(=O)c1cc([N+](=O)[O-])ccc1Cl. The molecule has 2 atom stereocenters. The molecule has 2 aromatic carbocycles. The number of hydrogen-bond acceptors (Lipinski definition) is 5. The Kier molecular flexibility index (Phi) is 7.12. The number of carbonyl (C=O) groups is 2. The van der Waals surface area contributed by atoms with Crippen LogP contribution in [0.2, 0.25) is 5.02 Å². The maximum Gasteiger partial charge on any atom is 0.340 e. The van der Waals surface area contributed by atoms with Crippen LogP contribution in [0.1, 0.15) is 49.0 Å². The van der Waals surface area contributed by atoms with Crippen LogP contribution in [0.3, 0.4) is 0 Å². The molecule has 0 saturated heterocycles. The van der Waals surface area contributed by atoms with Crippen LogP contribution in [-0.4, -0.2) is 22.9 Å². The summed E-state index contributed by atoms with van der Waals surface area (Å²) in [5.41, 5.74) is 1.17. The van der Waals surface area contributed by atoms with E-state index in [0.717, 1.165) is 18.1 Å². The van der Waals surface area contributed by atoms with Crippen molar-refractivity contribution in [3.63, 3.8) is 0 Å². The number of amides is 1. The summed E-state index contributed by atoms with van der Waals surface area (Å²) in [5.74, 6) is -1.17. The van der Waals surface area contributed by atoms with Gasteiger partial charge in [-0.3, -0.25) is 14.9 Å². The van der Waals surface area contributed by atoms with Gasteiger partial charge in [-0.15, -0.1) is 0 Å². The van der Waals surface area contributed by atoms with E-state index in [0.29, 0.717) is 5.69 Å². The van der Waals surface area contributed by atoms with Gasteiger partial charge in [0.2, 0.25) is 0 Å². The zero-order valence-electron chi connectivity index (χ0n) is 15.8. The number of ether oxygens (including phenoxy) is 1. The first-order valence-electron chi connectivity index (χ1n) is 8.79. The number of nitrogens with zero attached hydrogens (tertiary/aromatic N) is 1. The van der Waals surface area contributed by atoms with Crippen LogP contribution in [0.15, 0.2) is 42.5 Å². The van der Waals surface area contributed by atoms with Gasteiger partial charge in [-0.25, -0.2) is 4.79 Å². The number of para-hydroxylation sites is 1. The number of rotatable bonds is 7. The third-order valence-corrected chi connectivity index (χ3v) is 4.73. The Labute approximate surface area is 167 Å². The van der Waals surface area contributed by atoms with E-state index < -0.39 is 22.9 Å². The Hall–Kier alpha value is -2.93. The van der Waals surface area contributed by atoms with E-state index in [1.54, 1.807) is 12.1 Å². The largest absolute Gasteiger partial charge is 0.449 e. The number of non-ortho nitro benzene ring substituents is 1. The lowest BCUT2D eigenvalue weighted by Crippen LogP contribution is -2.30. The van der Waals surface area contributed by atoms with Gasteiger partial charge in [0, 0.05) is 17.8 Å². The first-order valence-corrected chi connectivity index (χ1v) is 9.17. The molecule has 0 aromatic heterocycles. The summed E-state index contributed by atoms with van der Waals surface area (Å²) in [7, 11) is 0. The molecule has 0 aliphatic carbocycles. The van der Waals surface area contributed by atoms with Crippen molar-refractivity contribution in [3.8, 4) is 0 Å². The van der Waals surface area contributed by atoms with Crippen LogP contribution in [-0.2, 0) is 9.53 Å². The quantitative estimate of drug-likeness (QED) is 0.400. The van der Waals surface area contributed by atoms with Crippen molar-refractivity contribution in [1.82, 2.24) is 0 Å². The van der Waals surface area contributed by atoms with E-state index in [1.807, 2.05) is 12.1 Å². The highest BCUT2D eigenvalue weighted by Crippen LogP contribution is 2.27. The Morgan fingerprint density at radius 1 is 1.21 bits per heavy atom. The van der Waals surface area contributed by atoms with E-state index in [4.69, 9.17) is 16.3 Å². The lowest BCUT2D eigenvalue weighted by atomic mass is 9.97. The molecule has 0 unspecified atom stereocenters. The maximum absolute atomic E-state index is 12.5. The molecule has 8 heteroatoms. The van der Waals surface area contributed by atoms with E-state index >= 15 is 0 Å². The predicted octanol–water partition coefficient (Wildman–Crippen LogP) is 4.95. The van der Waals surface area contributed by atoms with E-state index in [9.17, 15) is 19.7 Å². The van der Waals surface area contributed by atoms with Crippen LogP contribution in [0.5, 0.6) is 0 Å². The molecule has 2 rings (SSSR count). The molecule has 148 valence electrons. The number of benzene rings is 2. The van der Waals surface area contributed by atoms with Crippen LogP contribution in [0.4, 0.5) is 11.4 Å². The summed E-state index contributed by atoms with van der Waals surface area (Å²) >= 11 is 5.94. The number of nitro groups is 1. The Morgan fingerprint density at radius 3 is 2.54 bits per heavy atom. The van der Waals surface area contributed by atoms with E-state index in [1.165, 1.54) is 19.1 Å². The molecule has 7 nitrogen and oxygen atoms in total. The highest BCUT2D eigenvalue weighted by atomic mass is 35.5. The molecule has 0 fully saturated rings. The monoisotopic (exact) mass is 404 g/mol. The molecule has 1 amide bonds. The average molecular weight is 405 g/mol. The standard InChI is InChI=1S/C20H21ClN2O5/c1-4-12(2)15-7-5-6-8-18(15)22-19(24)13(3)28-20(25)16-11-14(23(26)27)9-10-17(16)21/h5-13H,4H2,1-3H3,(H,22,24)/t12-,13+/m0/s1. The van der Waals surface area contributed by atoms with Crippen molar-refractivity contribution in [3.05, 3.63) is 68.7 Å². The lowest BCUT2D eigenvalue weighted by molar-refractivity contribution is -0.384. The molecule has 2 aromatic rings. The predicted molar refractivity (Wildman–Crippen MR) is 107 cm³/mol. The highest BCUT2D eigenvalue weighted by molar-refractivity contribution is 6.33. The van der Waals surface area contributed by atoms with Crippen molar-refractivity contribution in [1.29, 1.82) is 0 Å². The smallest absolute Gasteiger partial charge is 0.340 e. The summed E-state index contributed by atoms with van der Waals surface area (Å²) in [5, 5.41) is 13.7. The third-order valence-electron chi connectivity index (χ3n) is 4.40. The fraction of sp³-hybridized carbons (Fsp3) is 0.300. The van der Waals surface area contributed by atoms with Gasteiger partial charge in [0.1, 0.15) is 0 Å². The van der Waals surface area contributed by atoms with Crippen molar-refractivity contribution in [2.24, 2.45) is 0 Å². The summed E-state index contributed by atoms with van der Waals surface area (Å²) in [6.45, 7) is 5.53. The number of esters is 1. The topological polar surface area (TPSA) is 98.5 Å². The second kappa shape index (κ2) is 9.32. The Morgan fingerprint density at radius 2 is 1.89 bits per heavy atom. The van der Waals surface area contributed by atoms with E-state index in [2.05, 4.69) is 19.2 Å². The lowest BCUT2D eigenvalue weighted by Gasteiger charge is -2.18. The van der Waals surface area contributed by atoms with Gasteiger partial charge in [0.25, 0.3) is 11.6 Å². The van der Waals surface area contributed by atoms with Crippen molar-refractivity contribution >= 4 is 34.9 Å².